The van der Waals surface area contributed by atoms with Crippen LogP contribution >= 0.6 is 11.6 Å². The normalized spacial score (nSPS) is 18.9. The predicted molar refractivity (Wildman–Crippen MR) is 122 cm³/mol. The molecule has 7 nitrogen and oxygen atoms in total. The van der Waals surface area contributed by atoms with Crippen molar-refractivity contribution in [3.8, 4) is 5.75 Å². The zero-order valence-electron chi connectivity index (χ0n) is 17.7. The summed E-state index contributed by atoms with van der Waals surface area (Å²) in [5.41, 5.74) is 5.86. The average molecular weight is 445 g/mol. The number of ether oxygens (including phenoxy) is 1. The molecule has 2 aliphatic rings. The third-order valence-electron chi connectivity index (χ3n) is 5.57. The Morgan fingerprint density at radius 2 is 2.10 bits per heavy atom. The van der Waals surface area contributed by atoms with E-state index in [0.717, 1.165) is 25.7 Å². The summed E-state index contributed by atoms with van der Waals surface area (Å²) in [6, 6.07) is 6.39. The van der Waals surface area contributed by atoms with Gasteiger partial charge in [0.2, 0.25) is 0 Å². The van der Waals surface area contributed by atoms with Gasteiger partial charge in [0.05, 0.1) is 11.6 Å². The first-order valence-electron chi connectivity index (χ1n) is 10.6. The molecule has 1 aromatic rings. The Kier molecular flexibility index (Phi) is 8.12. The largest absolute Gasteiger partial charge is 0.458 e. The summed E-state index contributed by atoms with van der Waals surface area (Å²) in [7, 11) is 1.73. The minimum atomic E-state index is -0.680. The molecule has 3 rings (SSSR count). The highest BCUT2D eigenvalue weighted by Crippen LogP contribution is 2.31. The molecular formula is C23H29ClN4O3. The van der Waals surface area contributed by atoms with E-state index in [1.165, 1.54) is 23.5 Å². The van der Waals surface area contributed by atoms with E-state index in [1.54, 1.807) is 31.4 Å². The molecule has 0 aromatic heterocycles. The number of para-hydroxylation sites is 1. The molecule has 8 heteroatoms. The summed E-state index contributed by atoms with van der Waals surface area (Å²) in [6.45, 7) is 0.189. The lowest BCUT2D eigenvalue weighted by Gasteiger charge is -2.30. The zero-order chi connectivity index (χ0) is 22.2. The van der Waals surface area contributed by atoms with Crippen molar-refractivity contribution in [1.82, 2.24) is 10.2 Å². The van der Waals surface area contributed by atoms with Gasteiger partial charge in [0.15, 0.2) is 0 Å². The fourth-order valence-corrected chi connectivity index (χ4v) is 4.19. The molecule has 0 spiro atoms. The number of aliphatic imine (C=N–C) groups is 1. The molecule has 1 aliphatic heterocycles. The van der Waals surface area contributed by atoms with Crippen LogP contribution in [0.25, 0.3) is 0 Å². The molecule has 1 saturated carbocycles. The van der Waals surface area contributed by atoms with Crippen LogP contribution in [0, 0.1) is 5.92 Å². The van der Waals surface area contributed by atoms with Gasteiger partial charge in [-0.1, -0.05) is 55.8 Å². The number of amidine groups is 1. The minimum absolute atomic E-state index is 0.0974. The Bertz CT molecular complexity index is 891. The Balaban J connectivity index is 1.76. The Morgan fingerprint density at radius 1 is 1.35 bits per heavy atom. The van der Waals surface area contributed by atoms with Gasteiger partial charge < -0.3 is 20.7 Å². The van der Waals surface area contributed by atoms with Crippen LogP contribution < -0.4 is 15.8 Å². The van der Waals surface area contributed by atoms with Crippen molar-refractivity contribution in [3.63, 3.8) is 0 Å². The van der Waals surface area contributed by atoms with Crippen LogP contribution in [0.5, 0.6) is 5.75 Å². The quantitative estimate of drug-likeness (QED) is 0.473. The van der Waals surface area contributed by atoms with E-state index in [2.05, 4.69) is 10.3 Å². The summed E-state index contributed by atoms with van der Waals surface area (Å²) in [4.78, 5) is 31.4. The number of nitrogens with zero attached hydrogens (tertiary/aromatic N) is 2. The highest BCUT2D eigenvalue weighted by atomic mass is 35.5. The van der Waals surface area contributed by atoms with Gasteiger partial charge in [-0.25, -0.2) is 0 Å². The van der Waals surface area contributed by atoms with Crippen LogP contribution in [-0.4, -0.2) is 42.2 Å². The second-order valence-electron chi connectivity index (χ2n) is 7.86. The smallest absolute Gasteiger partial charge is 0.270 e. The average Bonchev–Trinajstić information content (AvgIpc) is 3.12. The maximum atomic E-state index is 13.0. The number of halogens is 1. The molecular weight excluding hydrogens is 416 g/mol. The first-order valence-corrected chi connectivity index (χ1v) is 11.0. The van der Waals surface area contributed by atoms with Crippen LogP contribution in [0.4, 0.5) is 0 Å². The van der Waals surface area contributed by atoms with Crippen LogP contribution in [-0.2, 0) is 9.59 Å². The van der Waals surface area contributed by atoms with E-state index >= 15 is 0 Å². The predicted octanol–water partition coefficient (Wildman–Crippen LogP) is 3.40. The van der Waals surface area contributed by atoms with Crippen LogP contribution in [0.15, 0.2) is 53.4 Å². The van der Waals surface area contributed by atoms with Crippen molar-refractivity contribution in [3.05, 3.63) is 53.4 Å². The van der Waals surface area contributed by atoms with Gasteiger partial charge in [-0.2, -0.15) is 4.99 Å². The number of nitrogens with one attached hydrogen (secondary N) is 1. The molecule has 0 saturated heterocycles. The van der Waals surface area contributed by atoms with Gasteiger partial charge in [-0.3, -0.25) is 9.59 Å². The number of nitrogens with two attached hydrogens (primary N) is 1. The lowest BCUT2D eigenvalue weighted by Crippen LogP contribution is -2.44. The molecule has 1 atom stereocenters. The third kappa shape index (κ3) is 6.34. The van der Waals surface area contributed by atoms with E-state index in [-0.39, 0.29) is 18.3 Å². The number of carbonyl (C=O) groups excluding carboxylic acids is 2. The summed E-state index contributed by atoms with van der Waals surface area (Å²) in [5.74, 6) is 0.722. The fourth-order valence-electron chi connectivity index (χ4n) is 4.01. The Morgan fingerprint density at radius 3 is 2.81 bits per heavy atom. The highest BCUT2D eigenvalue weighted by Gasteiger charge is 2.36. The monoisotopic (exact) mass is 444 g/mol. The van der Waals surface area contributed by atoms with Gasteiger partial charge >= 0.3 is 0 Å². The van der Waals surface area contributed by atoms with E-state index in [1.807, 2.05) is 6.07 Å². The third-order valence-corrected chi connectivity index (χ3v) is 5.89. The molecule has 1 fully saturated rings. The maximum Gasteiger partial charge on any atom is 0.270 e. The fraction of sp³-hybridized carbons (Fsp3) is 0.435. The van der Waals surface area contributed by atoms with E-state index in [4.69, 9.17) is 22.1 Å². The SMILES string of the molecule is CN/C=C\C(N)=NC(=O)C(CC1CCCCC1)N1CC(Oc2ccccc2Cl)=CC1=O. The zero-order valence-corrected chi connectivity index (χ0v) is 18.5. The molecule has 1 heterocycles. The molecule has 2 amide bonds. The lowest BCUT2D eigenvalue weighted by molar-refractivity contribution is -0.134. The molecule has 1 unspecified atom stereocenters. The summed E-state index contributed by atoms with van der Waals surface area (Å²) < 4.78 is 5.84. The molecule has 1 aliphatic carbocycles. The molecule has 166 valence electrons. The van der Waals surface area contributed by atoms with Crippen LogP contribution in [0.3, 0.4) is 0 Å². The second kappa shape index (κ2) is 11.0. The van der Waals surface area contributed by atoms with Crippen molar-refractivity contribution >= 4 is 29.3 Å². The van der Waals surface area contributed by atoms with Crippen molar-refractivity contribution < 1.29 is 14.3 Å². The van der Waals surface area contributed by atoms with Crippen molar-refractivity contribution in [2.75, 3.05) is 13.6 Å². The van der Waals surface area contributed by atoms with E-state index in [9.17, 15) is 9.59 Å². The van der Waals surface area contributed by atoms with Gasteiger partial charge in [0.25, 0.3) is 11.8 Å². The number of hydrogen-bond donors (Lipinski definition) is 2. The summed E-state index contributed by atoms with van der Waals surface area (Å²) in [5, 5.41) is 3.27. The second-order valence-corrected chi connectivity index (χ2v) is 8.27. The topological polar surface area (TPSA) is 97.0 Å². The first kappa shape index (κ1) is 22.9. The Labute approximate surface area is 188 Å². The lowest BCUT2D eigenvalue weighted by atomic mass is 9.84. The number of amides is 2. The van der Waals surface area contributed by atoms with E-state index in [0.29, 0.717) is 28.9 Å². The van der Waals surface area contributed by atoms with Crippen molar-refractivity contribution in [2.24, 2.45) is 16.6 Å². The number of benzene rings is 1. The Hall–Kier alpha value is -2.80. The number of hydrogen-bond acceptors (Lipinski definition) is 4. The van der Waals surface area contributed by atoms with Crippen molar-refractivity contribution in [1.29, 1.82) is 0 Å². The molecule has 3 N–H and O–H groups in total. The van der Waals surface area contributed by atoms with E-state index < -0.39 is 11.9 Å². The minimum Gasteiger partial charge on any atom is -0.458 e. The maximum absolute atomic E-state index is 13.0. The van der Waals surface area contributed by atoms with Crippen LogP contribution in [0.2, 0.25) is 5.02 Å². The molecule has 1 aromatic carbocycles. The van der Waals surface area contributed by atoms with Gasteiger partial charge in [0, 0.05) is 13.1 Å². The molecule has 0 bridgehead atoms. The van der Waals surface area contributed by atoms with Gasteiger partial charge in [0.1, 0.15) is 23.4 Å². The summed E-state index contributed by atoms with van der Waals surface area (Å²) >= 11 is 6.17. The molecule has 0 radical (unpaired) electrons. The standard InChI is InChI=1S/C23H29ClN4O3/c1-26-12-11-21(25)27-23(30)19(13-16-7-3-2-4-8-16)28-15-17(14-22(28)29)31-20-10-6-5-9-18(20)24/h5-6,9-12,14,16,19,26H,2-4,7-8,13,15H2,1H3,(H2,25,27,30)/b12-11-. The van der Waals surface area contributed by atoms with Gasteiger partial charge in [-0.05, 0) is 36.7 Å². The summed E-state index contributed by atoms with van der Waals surface area (Å²) in [6.07, 6.45) is 10.7. The molecule has 31 heavy (non-hydrogen) atoms. The van der Waals surface area contributed by atoms with Gasteiger partial charge in [-0.15, -0.1) is 0 Å². The van der Waals surface area contributed by atoms with Crippen LogP contribution in [0.1, 0.15) is 38.5 Å². The number of rotatable bonds is 8. The van der Waals surface area contributed by atoms with Crippen molar-refractivity contribution in [2.45, 2.75) is 44.6 Å². The highest BCUT2D eigenvalue weighted by molar-refractivity contribution is 6.32. The number of carbonyl (C=O) groups is 2. The first-order chi connectivity index (χ1) is 15.0.